The van der Waals surface area contributed by atoms with E-state index in [1.807, 2.05) is 23.1 Å². The van der Waals surface area contributed by atoms with E-state index >= 15 is 0 Å². The number of rotatable bonds is 5. The number of carbonyl (C=O) groups excluding carboxylic acids is 1. The van der Waals surface area contributed by atoms with Crippen molar-refractivity contribution >= 4 is 6.03 Å². The zero-order chi connectivity index (χ0) is 16.6. The Morgan fingerprint density at radius 1 is 1.29 bits per heavy atom. The van der Waals surface area contributed by atoms with Gasteiger partial charge in [-0.05, 0) is 24.8 Å². The summed E-state index contributed by atoms with van der Waals surface area (Å²) in [6, 6.07) is 10.1. The lowest BCUT2D eigenvalue weighted by atomic mass is 10.1. The van der Waals surface area contributed by atoms with Gasteiger partial charge >= 0.3 is 6.03 Å². The topological polar surface area (TPSA) is 67.4 Å². The molecule has 24 heavy (non-hydrogen) atoms. The molecule has 1 unspecified atom stereocenters. The van der Waals surface area contributed by atoms with E-state index in [4.69, 9.17) is 4.74 Å². The fraction of sp³-hybridized carbons (Fsp3) is 0.389. The van der Waals surface area contributed by atoms with Gasteiger partial charge in [-0.2, -0.15) is 0 Å². The molecule has 126 valence electrons. The minimum Gasteiger partial charge on any atom is -0.471 e. The van der Waals surface area contributed by atoms with E-state index in [9.17, 15) is 4.79 Å². The van der Waals surface area contributed by atoms with Gasteiger partial charge in [0.15, 0.2) is 0 Å². The summed E-state index contributed by atoms with van der Waals surface area (Å²) in [5.74, 6) is 0.508. The number of benzene rings is 1. The number of nitrogens with one attached hydrogen (secondary N) is 1. The number of carbonyl (C=O) groups is 1. The molecule has 1 fully saturated rings. The second-order valence-corrected chi connectivity index (χ2v) is 5.84. The van der Waals surface area contributed by atoms with E-state index < -0.39 is 0 Å². The van der Waals surface area contributed by atoms with Crippen LogP contribution in [-0.4, -0.2) is 46.6 Å². The van der Waals surface area contributed by atoms with Crippen LogP contribution >= 0.6 is 0 Å². The van der Waals surface area contributed by atoms with Gasteiger partial charge in [-0.1, -0.05) is 30.3 Å². The van der Waals surface area contributed by atoms with Crippen LogP contribution in [0.25, 0.3) is 0 Å². The minimum absolute atomic E-state index is 0.0293. The second kappa shape index (κ2) is 8.29. The van der Waals surface area contributed by atoms with Gasteiger partial charge in [0.05, 0.1) is 12.7 Å². The van der Waals surface area contributed by atoms with Crippen molar-refractivity contribution in [1.29, 1.82) is 0 Å². The summed E-state index contributed by atoms with van der Waals surface area (Å²) in [6.07, 6.45) is 7.46. The number of hydrogen-bond donors (Lipinski definition) is 1. The van der Waals surface area contributed by atoms with Crippen molar-refractivity contribution in [3.63, 3.8) is 0 Å². The smallest absolute Gasteiger partial charge is 0.317 e. The maximum absolute atomic E-state index is 12.3. The predicted octanol–water partition coefficient (Wildman–Crippen LogP) is 2.27. The van der Waals surface area contributed by atoms with Gasteiger partial charge < -0.3 is 15.0 Å². The second-order valence-electron chi connectivity index (χ2n) is 5.84. The average molecular weight is 326 g/mol. The van der Waals surface area contributed by atoms with Crippen molar-refractivity contribution in [3.8, 4) is 5.88 Å². The van der Waals surface area contributed by atoms with Crippen LogP contribution in [0, 0.1) is 0 Å². The van der Waals surface area contributed by atoms with Gasteiger partial charge in [-0.15, -0.1) is 0 Å². The Labute approximate surface area is 141 Å². The molecular formula is C18H22N4O2. The van der Waals surface area contributed by atoms with Gasteiger partial charge in [0, 0.05) is 25.5 Å². The van der Waals surface area contributed by atoms with Gasteiger partial charge in [0.1, 0.15) is 6.10 Å². The monoisotopic (exact) mass is 326 g/mol. The van der Waals surface area contributed by atoms with Crippen LogP contribution in [0.15, 0.2) is 48.9 Å². The molecule has 1 aliphatic heterocycles. The summed E-state index contributed by atoms with van der Waals surface area (Å²) in [5.41, 5.74) is 1.22. The number of amides is 2. The lowest BCUT2D eigenvalue weighted by Crippen LogP contribution is -2.49. The van der Waals surface area contributed by atoms with Crippen LogP contribution in [0.5, 0.6) is 5.88 Å². The predicted molar refractivity (Wildman–Crippen MR) is 90.8 cm³/mol. The Morgan fingerprint density at radius 3 is 2.96 bits per heavy atom. The maximum Gasteiger partial charge on any atom is 0.317 e. The lowest BCUT2D eigenvalue weighted by molar-refractivity contribution is 0.0976. The van der Waals surface area contributed by atoms with Crippen LogP contribution in [0.1, 0.15) is 18.4 Å². The van der Waals surface area contributed by atoms with Crippen molar-refractivity contribution in [3.05, 3.63) is 54.5 Å². The van der Waals surface area contributed by atoms with Crippen LogP contribution in [0.3, 0.4) is 0 Å². The van der Waals surface area contributed by atoms with E-state index in [0.717, 1.165) is 25.8 Å². The van der Waals surface area contributed by atoms with E-state index in [-0.39, 0.29) is 12.1 Å². The first-order valence-corrected chi connectivity index (χ1v) is 8.30. The molecule has 2 heterocycles. The Morgan fingerprint density at radius 2 is 2.17 bits per heavy atom. The van der Waals surface area contributed by atoms with E-state index in [2.05, 4.69) is 27.4 Å². The molecule has 1 N–H and O–H groups in total. The number of nitrogens with zero attached hydrogens (tertiary/aromatic N) is 3. The number of ether oxygens (including phenoxy) is 1. The summed E-state index contributed by atoms with van der Waals surface area (Å²) in [5, 5.41) is 2.99. The number of likely N-dealkylation sites (tertiary alicyclic amines) is 1. The van der Waals surface area contributed by atoms with E-state index in [1.165, 1.54) is 5.56 Å². The Kier molecular flexibility index (Phi) is 5.61. The van der Waals surface area contributed by atoms with Crippen molar-refractivity contribution in [2.75, 3.05) is 19.6 Å². The summed E-state index contributed by atoms with van der Waals surface area (Å²) < 4.78 is 5.81. The maximum atomic E-state index is 12.3. The zero-order valence-electron chi connectivity index (χ0n) is 13.6. The van der Waals surface area contributed by atoms with Crippen molar-refractivity contribution in [2.45, 2.75) is 25.4 Å². The molecule has 6 heteroatoms. The first-order valence-electron chi connectivity index (χ1n) is 8.30. The largest absolute Gasteiger partial charge is 0.471 e. The Balaban J connectivity index is 1.44. The normalized spacial score (nSPS) is 17.3. The summed E-state index contributed by atoms with van der Waals surface area (Å²) in [7, 11) is 0. The van der Waals surface area contributed by atoms with Gasteiger partial charge in [0.25, 0.3) is 0 Å². The van der Waals surface area contributed by atoms with Crippen LogP contribution in [0.4, 0.5) is 4.79 Å². The minimum atomic E-state index is -0.0321. The first-order chi connectivity index (χ1) is 11.8. The number of aromatic nitrogens is 2. The summed E-state index contributed by atoms with van der Waals surface area (Å²) in [4.78, 5) is 22.2. The lowest BCUT2D eigenvalue weighted by Gasteiger charge is -2.32. The molecule has 1 saturated heterocycles. The molecule has 2 aromatic rings. The van der Waals surface area contributed by atoms with Gasteiger partial charge in [-0.25, -0.2) is 9.78 Å². The molecule has 1 aliphatic rings. The van der Waals surface area contributed by atoms with E-state index in [0.29, 0.717) is 19.0 Å². The number of urea groups is 1. The molecule has 3 rings (SSSR count). The molecule has 0 bridgehead atoms. The molecule has 1 aromatic heterocycles. The number of piperidine rings is 1. The fourth-order valence-electron chi connectivity index (χ4n) is 2.81. The van der Waals surface area contributed by atoms with Crippen molar-refractivity contribution in [2.24, 2.45) is 0 Å². The third-order valence-electron chi connectivity index (χ3n) is 4.02. The standard InChI is InChI=1S/C18H22N4O2/c23-18(21-9-8-15-5-2-1-3-6-15)22-12-4-7-16(14-22)24-17-13-19-10-11-20-17/h1-3,5-6,10-11,13,16H,4,7-9,12,14H2,(H,21,23). The van der Waals surface area contributed by atoms with Crippen LogP contribution in [-0.2, 0) is 6.42 Å². The highest BCUT2D eigenvalue weighted by atomic mass is 16.5. The highest BCUT2D eigenvalue weighted by Crippen LogP contribution is 2.15. The van der Waals surface area contributed by atoms with Crippen LogP contribution < -0.4 is 10.1 Å². The molecule has 6 nitrogen and oxygen atoms in total. The third kappa shape index (κ3) is 4.68. The number of hydrogen-bond acceptors (Lipinski definition) is 4. The van der Waals surface area contributed by atoms with Gasteiger partial charge in [-0.3, -0.25) is 4.98 Å². The highest BCUT2D eigenvalue weighted by Gasteiger charge is 2.25. The quantitative estimate of drug-likeness (QED) is 0.915. The molecule has 2 amide bonds. The Hall–Kier alpha value is -2.63. The third-order valence-corrected chi connectivity index (χ3v) is 4.02. The molecular weight excluding hydrogens is 304 g/mol. The fourth-order valence-corrected chi connectivity index (χ4v) is 2.81. The summed E-state index contributed by atoms with van der Waals surface area (Å²) >= 11 is 0. The first kappa shape index (κ1) is 16.2. The van der Waals surface area contributed by atoms with Gasteiger partial charge in [0.2, 0.25) is 5.88 Å². The van der Waals surface area contributed by atoms with Crippen molar-refractivity contribution in [1.82, 2.24) is 20.2 Å². The van der Waals surface area contributed by atoms with Crippen molar-refractivity contribution < 1.29 is 9.53 Å². The SMILES string of the molecule is O=C(NCCc1ccccc1)N1CCCC(Oc2cnccn2)C1. The molecule has 1 aromatic carbocycles. The molecule has 1 atom stereocenters. The summed E-state index contributed by atoms with van der Waals surface area (Å²) in [6.45, 7) is 1.97. The highest BCUT2D eigenvalue weighted by molar-refractivity contribution is 5.74. The average Bonchev–Trinajstić information content (AvgIpc) is 2.64. The van der Waals surface area contributed by atoms with Crippen LogP contribution in [0.2, 0.25) is 0 Å². The zero-order valence-corrected chi connectivity index (χ0v) is 13.6. The molecule has 0 saturated carbocycles. The Bertz CT molecular complexity index is 636. The molecule has 0 aliphatic carbocycles. The molecule has 0 spiro atoms. The molecule has 0 radical (unpaired) electrons. The van der Waals surface area contributed by atoms with E-state index in [1.54, 1.807) is 18.6 Å².